The minimum absolute atomic E-state index is 0.0468. The van der Waals surface area contributed by atoms with E-state index >= 15 is 0 Å². The van der Waals surface area contributed by atoms with Gasteiger partial charge in [-0.15, -0.1) is 0 Å². The first-order chi connectivity index (χ1) is 12.2. The van der Waals surface area contributed by atoms with E-state index in [-0.39, 0.29) is 16.4 Å². The highest BCUT2D eigenvalue weighted by molar-refractivity contribution is 7.92. The maximum atomic E-state index is 12.7. The Labute approximate surface area is 149 Å². The van der Waals surface area contributed by atoms with E-state index in [1.165, 1.54) is 25.0 Å². The van der Waals surface area contributed by atoms with Gasteiger partial charge in [-0.05, 0) is 19.1 Å². The van der Waals surface area contributed by atoms with Crippen molar-refractivity contribution in [1.29, 1.82) is 0 Å². The summed E-state index contributed by atoms with van der Waals surface area (Å²) in [4.78, 5) is 23.7. The Morgan fingerprint density at radius 1 is 1.04 bits per heavy atom. The first kappa shape index (κ1) is 17.7. The second-order valence-corrected chi connectivity index (χ2v) is 7.38. The predicted octanol–water partition coefficient (Wildman–Crippen LogP) is 0.379. The highest BCUT2D eigenvalue weighted by atomic mass is 32.2. The van der Waals surface area contributed by atoms with Gasteiger partial charge in [-0.3, -0.25) is 18.7 Å². The number of sulfonamides is 1. The SMILES string of the molecule is Cc1nn(-c2ccccc2)cc1S(=O)(=O)Nc1cc(=O)n(C)c(=O)n1C. The van der Waals surface area contributed by atoms with Crippen LogP contribution in [0.25, 0.3) is 5.69 Å². The molecule has 0 saturated heterocycles. The zero-order chi connectivity index (χ0) is 19.1. The van der Waals surface area contributed by atoms with Crippen molar-refractivity contribution in [1.82, 2.24) is 18.9 Å². The van der Waals surface area contributed by atoms with E-state index in [2.05, 4.69) is 9.82 Å². The zero-order valence-corrected chi connectivity index (χ0v) is 15.2. The zero-order valence-electron chi connectivity index (χ0n) is 14.4. The van der Waals surface area contributed by atoms with Gasteiger partial charge in [0.2, 0.25) is 0 Å². The van der Waals surface area contributed by atoms with Gasteiger partial charge in [0.1, 0.15) is 10.7 Å². The number of aryl methyl sites for hydroxylation is 1. The van der Waals surface area contributed by atoms with Crippen LogP contribution < -0.4 is 16.0 Å². The Kier molecular flexibility index (Phi) is 4.28. The number of nitrogens with one attached hydrogen (secondary N) is 1. The summed E-state index contributed by atoms with van der Waals surface area (Å²) in [6.45, 7) is 1.57. The van der Waals surface area contributed by atoms with Crippen LogP contribution in [-0.4, -0.2) is 27.3 Å². The first-order valence-electron chi connectivity index (χ1n) is 7.62. The number of hydrogen-bond donors (Lipinski definition) is 1. The van der Waals surface area contributed by atoms with Crippen molar-refractivity contribution in [2.75, 3.05) is 4.72 Å². The molecule has 0 bridgehead atoms. The molecule has 0 amide bonds. The van der Waals surface area contributed by atoms with Crippen molar-refractivity contribution in [2.45, 2.75) is 11.8 Å². The van der Waals surface area contributed by atoms with Gasteiger partial charge in [-0.2, -0.15) is 5.10 Å². The Hall–Kier alpha value is -3.14. The third-order valence-corrected chi connectivity index (χ3v) is 5.39. The molecule has 9 nitrogen and oxygen atoms in total. The lowest BCUT2D eigenvalue weighted by Gasteiger charge is -2.11. The summed E-state index contributed by atoms with van der Waals surface area (Å²) in [6.07, 6.45) is 1.38. The fourth-order valence-electron chi connectivity index (χ4n) is 2.44. The molecule has 0 spiro atoms. The van der Waals surface area contributed by atoms with Crippen LogP contribution in [-0.2, 0) is 24.1 Å². The second kappa shape index (κ2) is 6.30. The summed E-state index contributed by atoms with van der Waals surface area (Å²) in [5.74, 6) is -0.120. The smallest absolute Gasteiger partial charge is 0.282 e. The summed E-state index contributed by atoms with van der Waals surface area (Å²) in [5, 5.41) is 4.22. The number of para-hydroxylation sites is 1. The lowest BCUT2D eigenvalue weighted by molar-refractivity contribution is 0.599. The lowest BCUT2D eigenvalue weighted by atomic mass is 10.3. The van der Waals surface area contributed by atoms with Crippen LogP contribution in [0.15, 0.2) is 57.1 Å². The molecule has 0 aliphatic carbocycles. The van der Waals surface area contributed by atoms with E-state index in [0.29, 0.717) is 5.69 Å². The van der Waals surface area contributed by atoms with Gasteiger partial charge >= 0.3 is 5.69 Å². The summed E-state index contributed by atoms with van der Waals surface area (Å²) >= 11 is 0. The quantitative estimate of drug-likeness (QED) is 0.709. The molecule has 0 unspecified atom stereocenters. The summed E-state index contributed by atoms with van der Waals surface area (Å²) in [7, 11) is -1.35. The molecular formula is C16H17N5O4S. The topological polar surface area (TPSA) is 108 Å². The third-order valence-electron chi connectivity index (χ3n) is 3.93. The number of rotatable bonds is 4. The van der Waals surface area contributed by atoms with E-state index in [1.807, 2.05) is 18.2 Å². The summed E-state index contributed by atoms with van der Waals surface area (Å²) in [6, 6.07) is 10.1. The summed E-state index contributed by atoms with van der Waals surface area (Å²) < 4.78 is 31.2. The molecule has 0 radical (unpaired) electrons. The molecule has 2 heterocycles. The molecule has 10 heteroatoms. The highest BCUT2D eigenvalue weighted by Crippen LogP contribution is 2.19. The van der Waals surface area contributed by atoms with Crippen LogP contribution in [0.1, 0.15) is 5.69 Å². The molecule has 3 rings (SSSR count). The maximum Gasteiger partial charge on any atom is 0.332 e. The van der Waals surface area contributed by atoms with Gasteiger partial charge in [0.25, 0.3) is 15.6 Å². The van der Waals surface area contributed by atoms with Crippen molar-refractivity contribution in [3.05, 3.63) is 69.1 Å². The Morgan fingerprint density at radius 2 is 1.69 bits per heavy atom. The third kappa shape index (κ3) is 3.06. The molecule has 0 saturated carbocycles. The van der Waals surface area contributed by atoms with Crippen molar-refractivity contribution in [3.8, 4) is 5.69 Å². The molecule has 2 aromatic heterocycles. The fourth-order valence-corrected chi connectivity index (χ4v) is 3.69. The van der Waals surface area contributed by atoms with Gasteiger partial charge < -0.3 is 0 Å². The normalized spacial score (nSPS) is 11.5. The number of hydrogen-bond acceptors (Lipinski definition) is 5. The molecule has 1 N–H and O–H groups in total. The Balaban J connectivity index is 2.04. The molecule has 0 aliphatic heterocycles. The standard InChI is InChI=1S/C16H17N5O4S/c1-11-13(10-21(17-11)12-7-5-4-6-8-12)26(24,25)18-14-9-15(22)20(3)16(23)19(14)2/h4-10,18H,1-3H3. The molecule has 0 fully saturated rings. The van der Waals surface area contributed by atoms with Crippen LogP contribution in [0.2, 0.25) is 0 Å². The Morgan fingerprint density at radius 3 is 2.35 bits per heavy atom. The summed E-state index contributed by atoms with van der Waals surface area (Å²) in [5.41, 5.74) is -0.248. The molecular weight excluding hydrogens is 358 g/mol. The molecule has 3 aromatic rings. The van der Waals surface area contributed by atoms with Gasteiger partial charge in [-0.25, -0.2) is 17.9 Å². The minimum Gasteiger partial charge on any atom is -0.282 e. The van der Waals surface area contributed by atoms with Gasteiger partial charge in [0, 0.05) is 20.2 Å². The monoisotopic (exact) mass is 375 g/mol. The van der Waals surface area contributed by atoms with E-state index in [0.717, 1.165) is 15.2 Å². The molecule has 136 valence electrons. The number of benzene rings is 1. The van der Waals surface area contributed by atoms with E-state index in [9.17, 15) is 18.0 Å². The van der Waals surface area contributed by atoms with Crippen molar-refractivity contribution in [2.24, 2.45) is 14.1 Å². The van der Waals surface area contributed by atoms with Crippen molar-refractivity contribution >= 4 is 15.8 Å². The number of anilines is 1. The average Bonchev–Trinajstić information content (AvgIpc) is 3.01. The lowest BCUT2D eigenvalue weighted by Crippen LogP contribution is -2.38. The number of aromatic nitrogens is 4. The van der Waals surface area contributed by atoms with E-state index in [4.69, 9.17) is 0 Å². The minimum atomic E-state index is -4.04. The van der Waals surface area contributed by atoms with E-state index < -0.39 is 21.3 Å². The van der Waals surface area contributed by atoms with Crippen LogP contribution in [0, 0.1) is 6.92 Å². The van der Waals surface area contributed by atoms with Gasteiger partial charge in [0.15, 0.2) is 0 Å². The maximum absolute atomic E-state index is 12.7. The predicted molar refractivity (Wildman–Crippen MR) is 96.0 cm³/mol. The van der Waals surface area contributed by atoms with Crippen molar-refractivity contribution in [3.63, 3.8) is 0 Å². The largest absolute Gasteiger partial charge is 0.332 e. The van der Waals surface area contributed by atoms with E-state index in [1.54, 1.807) is 19.1 Å². The van der Waals surface area contributed by atoms with Crippen LogP contribution in [0.3, 0.4) is 0 Å². The van der Waals surface area contributed by atoms with Gasteiger partial charge in [0.05, 0.1) is 17.6 Å². The van der Waals surface area contributed by atoms with Gasteiger partial charge in [-0.1, -0.05) is 18.2 Å². The molecule has 1 aromatic carbocycles. The van der Waals surface area contributed by atoms with Crippen molar-refractivity contribution < 1.29 is 8.42 Å². The van der Waals surface area contributed by atoms with Crippen LogP contribution in [0.5, 0.6) is 0 Å². The second-order valence-electron chi connectivity index (χ2n) is 5.73. The number of nitrogens with zero attached hydrogens (tertiary/aromatic N) is 4. The average molecular weight is 375 g/mol. The fraction of sp³-hybridized carbons (Fsp3) is 0.188. The molecule has 26 heavy (non-hydrogen) atoms. The highest BCUT2D eigenvalue weighted by Gasteiger charge is 2.22. The first-order valence-corrected chi connectivity index (χ1v) is 9.10. The Bertz CT molecular complexity index is 1190. The molecule has 0 atom stereocenters. The van der Waals surface area contributed by atoms with Crippen LogP contribution >= 0.6 is 0 Å². The van der Waals surface area contributed by atoms with Crippen LogP contribution in [0.4, 0.5) is 5.82 Å². The molecule has 0 aliphatic rings.